The van der Waals surface area contributed by atoms with Gasteiger partial charge in [-0.25, -0.2) is 4.79 Å². The van der Waals surface area contributed by atoms with Gasteiger partial charge in [-0.15, -0.1) is 17.9 Å². The Kier molecular flexibility index (Phi) is 7.76. The summed E-state index contributed by atoms with van der Waals surface area (Å²) < 4.78 is 4.70. The van der Waals surface area contributed by atoms with Crippen LogP contribution in [0.25, 0.3) is 0 Å². The van der Waals surface area contributed by atoms with Gasteiger partial charge in [-0.3, -0.25) is 19.4 Å². The highest BCUT2D eigenvalue weighted by atomic mass is 32.1. The third-order valence-corrected chi connectivity index (χ3v) is 4.85. The summed E-state index contributed by atoms with van der Waals surface area (Å²) in [6.45, 7) is 7.48. The van der Waals surface area contributed by atoms with Crippen molar-refractivity contribution in [2.45, 2.75) is 0 Å². The van der Waals surface area contributed by atoms with Gasteiger partial charge in [0.15, 0.2) is 0 Å². The zero-order chi connectivity index (χ0) is 18.9. The highest BCUT2D eigenvalue weighted by Crippen LogP contribution is 2.23. The van der Waals surface area contributed by atoms with Crippen molar-refractivity contribution in [3.8, 4) is 0 Å². The van der Waals surface area contributed by atoms with Gasteiger partial charge in [0, 0.05) is 32.7 Å². The smallest absolute Gasteiger partial charge is 0.350 e. The van der Waals surface area contributed by atoms with Crippen molar-refractivity contribution < 1.29 is 19.1 Å². The summed E-state index contributed by atoms with van der Waals surface area (Å²) in [5, 5.41) is 7.25. The Hall–Kier alpha value is -2.23. The molecule has 0 atom stereocenters. The number of esters is 1. The van der Waals surface area contributed by atoms with E-state index in [1.807, 2.05) is 4.90 Å². The highest BCUT2D eigenvalue weighted by Gasteiger charge is 2.21. The normalized spacial score (nSPS) is 15.3. The summed E-state index contributed by atoms with van der Waals surface area (Å²) in [7, 11) is 1.31. The van der Waals surface area contributed by atoms with E-state index >= 15 is 0 Å². The van der Waals surface area contributed by atoms with E-state index in [1.54, 1.807) is 17.5 Å². The Morgan fingerprint density at radius 3 is 2.38 bits per heavy atom. The fourth-order valence-electron chi connectivity index (χ4n) is 2.60. The lowest BCUT2D eigenvalue weighted by Crippen LogP contribution is -2.51. The third-order valence-electron chi connectivity index (χ3n) is 3.95. The first-order valence-corrected chi connectivity index (χ1v) is 9.19. The molecule has 0 radical (unpaired) electrons. The van der Waals surface area contributed by atoms with E-state index in [4.69, 9.17) is 4.74 Å². The minimum absolute atomic E-state index is 0.0242. The summed E-state index contributed by atoms with van der Waals surface area (Å²) in [5.41, 5.74) is 0.476. The largest absolute Gasteiger partial charge is 0.465 e. The maximum Gasteiger partial charge on any atom is 0.350 e. The van der Waals surface area contributed by atoms with Crippen LogP contribution in [0.1, 0.15) is 9.67 Å². The summed E-state index contributed by atoms with van der Waals surface area (Å²) in [6.07, 6.45) is 1.65. The Bertz CT molecular complexity index is 653. The molecule has 1 aromatic rings. The minimum Gasteiger partial charge on any atom is -0.465 e. The lowest BCUT2D eigenvalue weighted by Gasteiger charge is -2.33. The number of amides is 2. The lowest BCUT2D eigenvalue weighted by molar-refractivity contribution is -0.123. The molecule has 1 aliphatic heterocycles. The number of methoxy groups -OCH3 is 1. The van der Waals surface area contributed by atoms with E-state index in [2.05, 4.69) is 22.1 Å². The van der Waals surface area contributed by atoms with Crippen LogP contribution in [0.2, 0.25) is 0 Å². The monoisotopic (exact) mass is 380 g/mol. The van der Waals surface area contributed by atoms with Crippen molar-refractivity contribution in [3.63, 3.8) is 0 Å². The number of nitrogens with one attached hydrogen (secondary N) is 2. The van der Waals surface area contributed by atoms with Gasteiger partial charge in [-0.2, -0.15) is 0 Å². The number of rotatable bonds is 8. The Morgan fingerprint density at radius 1 is 1.19 bits per heavy atom. The number of hydrogen-bond donors (Lipinski definition) is 2. The van der Waals surface area contributed by atoms with Crippen LogP contribution in [0.4, 0.5) is 5.69 Å². The molecule has 0 unspecified atom stereocenters. The van der Waals surface area contributed by atoms with Crippen molar-refractivity contribution in [2.75, 3.05) is 58.2 Å². The summed E-state index contributed by atoms with van der Waals surface area (Å²) in [6, 6.07) is 1.69. The third kappa shape index (κ3) is 5.94. The summed E-state index contributed by atoms with van der Waals surface area (Å²) >= 11 is 1.23. The molecule has 0 bridgehead atoms. The van der Waals surface area contributed by atoms with Crippen LogP contribution in [0.15, 0.2) is 24.1 Å². The first-order chi connectivity index (χ1) is 12.5. The Morgan fingerprint density at radius 2 is 1.81 bits per heavy atom. The number of carbonyl (C=O) groups excluding carboxylic acids is 3. The molecule has 142 valence electrons. The quantitative estimate of drug-likeness (QED) is 0.501. The van der Waals surface area contributed by atoms with Gasteiger partial charge in [-0.05, 0) is 11.4 Å². The molecule has 9 heteroatoms. The van der Waals surface area contributed by atoms with Crippen molar-refractivity contribution in [3.05, 3.63) is 29.0 Å². The van der Waals surface area contributed by atoms with E-state index in [9.17, 15) is 14.4 Å². The molecule has 0 spiro atoms. The number of ether oxygens (including phenoxy) is 1. The predicted octanol–water partition coefficient (Wildman–Crippen LogP) is 0.393. The molecule has 0 aromatic carbocycles. The molecule has 26 heavy (non-hydrogen) atoms. The zero-order valence-corrected chi connectivity index (χ0v) is 15.6. The van der Waals surface area contributed by atoms with Crippen LogP contribution in [0.5, 0.6) is 0 Å². The van der Waals surface area contributed by atoms with E-state index in [0.717, 1.165) is 13.1 Å². The van der Waals surface area contributed by atoms with E-state index < -0.39 is 5.97 Å². The van der Waals surface area contributed by atoms with Gasteiger partial charge in [0.2, 0.25) is 11.8 Å². The maximum absolute atomic E-state index is 12.2. The van der Waals surface area contributed by atoms with E-state index in [0.29, 0.717) is 36.7 Å². The van der Waals surface area contributed by atoms with E-state index in [1.165, 1.54) is 18.4 Å². The molecule has 8 nitrogen and oxygen atoms in total. The first kappa shape index (κ1) is 20.1. The SMILES string of the molecule is C=CCNC(=O)CN1CCN(CC(=O)Nc2ccsc2C(=O)OC)CC1. The van der Waals surface area contributed by atoms with Crippen molar-refractivity contribution >= 4 is 34.8 Å². The van der Waals surface area contributed by atoms with Gasteiger partial charge in [0.1, 0.15) is 4.88 Å². The minimum atomic E-state index is -0.460. The molecule has 0 saturated carbocycles. The molecule has 1 aromatic heterocycles. The van der Waals surface area contributed by atoms with Crippen LogP contribution in [-0.4, -0.2) is 80.5 Å². The molecule has 1 fully saturated rings. The van der Waals surface area contributed by atoms with Crippen LogP contribution >= 0.6 is 11.3 Å². The van der Waals surface area contributed by atoms with Crippen LogP contribution in [0.3, 0.4) is 0 Å². The second-order valence-corrected chi connectivity index (χ2v) is 6.76. The lowest BCUT2D eigenvalue weighted by atomic mass is 10.3. The number of hydrogen-bond acceptors (Lipinski definition) is 7. The van der Waals surface area contributed by atoms with Crippen LogP contribution in [0, 0.1) is 0 Å². The van der Waals surface area contributed by atoms with Crippen molar-refractivity contribution in [1.29, 1.82) is 0 Å². The fourth-order valence-corrected chi connectivity index (χ4v) is 3.37. The standard InChI is InChI=1S/C17H24N4O4S/c1-3-5-18-14(22)11-20-6-8-21(9-7-20)12-15(23)19-13-4-10-26-16(13)17(24)25-2/h3-4,10H,1,5-9,11-12H2,2H3,(H,18,22)(H,19,23). The number of thiophene rings is 1. The fraction of sp³-hybridized carbons (Fsp3) is 0.471. The Balaban J connectivity index is 1.74. The number of anilines is 1. The molecular formula is C17H24N4O4S. The predicted molar refractivity (Wildman–Crippen MR) is 100 cm³/mol. The van der Waals surface area contributed by atoms with Gasteiger partial charge in [-0.1, -0.05) is 6.08 Å². The second-order valence-electron chi connectivity index (χ2n) is 5.85. The molecule has 2 amide bonds. The van der Waals surface area contributed by atoms with E-state index in [-0.39, 0.29) is 18.4 Å². The molecular weight excluding hydrogens is 356 g/mol. The highest BCUT2D eigenvalue weighted by molar-refractivity contribution is 7.12. The van der Waals surface area contributed by atoms with Gasteiger partial charge >= 0.3 is 5.97 Å². The number of carbonyl (C=O) groups is 3. The average molecular weight is 380 g/mol. The van der Waals surface area contributed by atoms with Gasteiger partial charge in [0.05, 0.1) is 25.9 Å². The first-order valence-electron chi connectivity index (χ1n) is 8.31. The van der Waals surface area contributed by atoms with Crippen molar-refractivity contribution in [1.82, 2.24) is 15.1 Å². The van der Waals surface area contributed by atoms with Gasteiger partial charge < -0.3 is 15.4 Å². The van der Waals surface area contributed by atoms with Crippen molar-refractivity contribution in [2.24, 2.45) is 0 Å². The number of piperazine rings is 1. The summed E-state index contributed by atoms with van der Waals surface area (Å²) in [5.74, 6) is -0.659. The molecule has 2 N–H and O–H groups in total. The maximum atomic E-state index is 12.2. The Labute approximate surface area is 156 Å². The molecule has 0 aliphatic carbocycles. The average Bonchev–Trinajstić information content (AvgIpc) is 3.09. The molecule has 1 aliphatic rings. The van der Waals surface area contributed by atoms with Crippen LogP contribution < -0.4 is 10.6 Å². The van der Waals surface area contributed by atoms with Crippen LogP contribution in [-0.2, 0) is 14.3 Å². The molecule has 2 rings (SSSR count). The topological polar surface area (TPSA) is 91.0 Å². The number of nitrogens with zero attached hydrogens (tertiary/aromatic N) is 2. The summed E-state index contributed by atoms with van der Waals surface area (Å²) in [4.78, 5) is 40.0. The molecule has 2 heterocycles. The molecule has 1 saturated heterocycles. The zero-order valence-electron chi connectivity index (χ0n) is 14.8. The second kappa shape index (κ2) is 10.0. The van der Waals surface area contributed by atoms with Gasteiger partial charge in [0.25, 0.3) is 0 Å².